The van der Waals surface area contributed by atoms with Gasteiger partial charge >= 0.3 is 0 Å². The Morgan fingerprint density at radius 1 is 1.27 bits per heavy atom. The van der Waals surface area contributed by atoms with Crippen molar-refractivity contribution >= 4 is 11.8 Å². The summed E-state index contributed by atoms with van der Waals surface area (Å²) < 4.78 is 1.69. The minimum absolute atomic E-state index is 0.0153. The Bertz CT molecular complexity index is 673. The molecule has 3 heterocycles. The lowest BCUT2D eigenvalue weighted by molar-refractivity contribution is -0.134. The molecule has 2 saturated heterocycles. The van der Waals surface area contributed by atoms with Crippen LogP contribution in [0.1, 0.15) is 49.3 Å². The number of hydrogen-bond acceptors (Lipinski definition) is 4. The molecular weight excluding hydrogens is 330 g/mol. The van der Waals surface area contributed by atoms with Crippen LogP contribution in [0.5, 0.6) is 0 Å². The van der Waals surface area contributed by atoms with E-state index in [1.165, 1.54) is 0 Å². The van der Waals surface area contributed by atoms with E-state index in [9.17, 15) is 9.59 Å². The van der Waals surface area contributed by atoms with Crippen LogP contribution in [0.25, 0.3) is 0 Å². The lowest BCUT2D eigenvalue weighted by Gasteiger charge is -2.44. The number of nitrogens with one attached hydrogen (secondary N) is 1. The van der Waals surface area contributed by atoms with Crippen molar-refractivity contribution < 1.29 is 9.59 Å². The minimum Gasteiger partial charge on any atom is -0.354 e. The topological polar surface area (TPSA) is 70.5 Å². The van der Waals surface area contributed by atoms with Gasteiger partial charge in [-0.2, -0.15) is 5.10 Å². The average molecular weight is 361 g/mol. The number of aryl methyl sites for hydroxylation is 1. The summed E-state index contributed by atoms with van der Waals surface area (Å²) in [7, 11) is 3.86. The number of likely N-dealkylation sites (N-methyl/N-ethyl adjacent to an activating group) is 1. The molecule has 2 aliphatic rings. The number of rotatable bonds is 3. The molecule has 1 aromatic rings. The second-order valence-electron chi connectivity index (χ2n) is 8.10. The van der Waals surface area contributed by atoms with E-state index in [1.54, 1.807) is 4.68 Å². The fraction of sp³-hybridized carbons (Fsp3) is 0.737. The molecule has 26 heavy (non-hydrogen) atoms. The van der Waals surface area contributed by atoms with Crippen molar-refractivity contribution in [1.29, 1.82) is 0 Å². The SMILES string of the molecule is CC(C)Cc1cc(C(=O)N2CCC3(CC2)C(=O)NCCCN3C)n(C)n1. The Balaban J connectivity index is 1.70. The van der Waals surface area contributed by atoms with Gasteiger partial charge in [-0.25, -0.2) is 0 Å². The summed E-state index contributed by atoms with van der Waals surface area (Å²) in [5.41, 5.74) is 1.13. The zero-order valence-corrected chi connectivity index (χ0v) is 16.4. The van der Waals surface area contributed by atoms with Crippen molar-refractivity contribution in [3.8, 4) is 0 Å². The molecule has 0 atom stereocenters. The third-order valence-electron chi connectivity index (χ3n) is 5.75. The highest BCUT2D eigenvalue weighted by atomic mass is 16.2. The third kappa shape index (κ3) is 3.49. The Morgan fingerprint density at radius 2 is 1.96 bits per heavy atom. The van der Waals surface area contributed by atoms with Gasteiger partial charge in [0.1, 0.15) is 11.2 Å². The summed E-state index contributed by atoms with van der Waals surface area (Å²) in [6, 6.07) is 1.91. The van der Waals surface area contributed by atoms with Gasteiger partial charge in [-0.1, -0.05) is 13.8 Å². The van der Waals surface area contributed by atoms with Crippen LogP contribution in [0.4, 0.5) is 0 Å². The van der Waals surface area contributed by atoms with Crippen LogP contribution in [0.15, 0.2) is 6.07 Å². The molecule has 0 radical (unpaired) electrons. The molecule has 2 aliphatic heterocycles. The van der Waals surface area contributed by atoms with Crippen LogP contribution >= 0.6 is 0 Å². The van der Waals surface area contributed by atoms with Gasteiger partial charge in [0.25, 0.3) is 5.91 Å². The van der Waals surface area contributed by atoms with Crippen molar-refractivity contribution in [2.75, 3.05) is 33.2 Å². The average Bonchev–Trinajstić information content (AvgIpc) is 2.90. The minimum atomic E-state index is -0.470. The molecule has 3 rings (SSSR count). The molecule has 1 aromatic heterocycles. The predicted octanol–water partition coefficient (Wildman–Crippen LogP) is 1.05. The monoisotopic (exact) mass is 361 g/mol. The molecule has 1 N–H and O–H groups in total. The molecule has 1 spiro atoms. The van der Waals surface area contributed by atoms with Gasteiger partial charge in [0, 0.05) is 33.2 Å². The molecular formula is C19H31N5O2. The van der Waals surface area contributed by atoms with Crippen LogP contribution < -0.4 is 5.32 Å². The third-order valence-corrected chi connectivity index (χ3v) is 5.75. The highest BCUT2D eigenvalue weighted by Gasteiger charge is 2.46. The van der Waals surface area contributed by atoms with Gasteiger partial charge in [-0.3, -0.25) is 19.2 Å². The molecule has 0 aliphatic carbocycles. The van der Waals surface area contributed by atoms with E-state index >= 15 is 0 Å². The van der Waals surface area contributed by atoms with Gasteiger partial charge < -0.3 is 10.2 Å². The smallest absolute Gasteiger partial charge is 0.272 e. The zero-order chi connectivity index (χ0) is 18.9. The number of aromatic nitrogens is 2. The van der Waals surface area contributed by atoms with Crippen LogP contribution in [0, 0.1) is 5.92 Å². The summed E-state index contributed by atoms with van der Waals surface area (Å²) in [6.07, 6.45) is 3.20. The van der Waals surface area contributed by atoms with Crippen molar-refractivity contribution in [2.24, 2.45) is 13.0 Å². The van der Waals surface area contributed by atoms with Gasteiger partial charge in [-0.15, -0.1) is 0 Å². The number of carbonyl (C=O) groups excluding carboxylic acids is 2. The van der Waals surface area contributed by atoms with Gasteiger partial charge in [0.2, 0.25) is 5.91 Å². The molecule has 0 aromatic carbocycles. The summed E-state index contributed by atoms with van der Waals surface area (Å²) in [5, 5.41) is 7.53. The number of amides is 2. The lowest BCUT2D eigenvalue weighted by atomic mass is 9.85. The maximum absolute atomic E-state index is 13.0. The second-order valence-corrected chi connectivity index (χ2v) is 8.10. The van der Waals surface area contributed by atoms with E-state index in [2.05, 4.69) is 29.2 Å². The predicted molar refractivity (Wildman–Crippen MR) is 99.9 cm³/mol. The fourth-order valence-electron chi connectivity index (χ4n) is 4.17. The molecule has 0 bridgehead atoms. The lowest BCUT2D eigenvalue weighted by Crippen LogP contribution is -2.61. The fourth-order valence-corrected chi connectivity index (χ4v) is 4.17. The molecule has 2 amide bonds. The summed E-state index contributed by atoms with van der Waals surface area (Å²) in [4.78, 5) is 29.7. The zero-order valence-electron chi connectivity index (χ0n) is 16.4. The first-order valence-electron chi connectivity index (χ1n) is 9.65. The van der Waals surface area contributed by atoms with E-state index in [1.807, 2.05) is 25.1 Å². The highest BCUT2D eigenvalue weighted by Crippen LogP contribution is 2.30. The number of nitrogens with zero attached hydrogens (tertiary/aromatic N) is 4. The van der Waals surface area contributed by atoms with E-state index in [0.29, 0.717) is 37.5 Å². The van der Waals surface area contributed by atoms with Crippen molar-refractivity contribution in [3.05, 3.63) is 17.5 Å². The van der Waals surface area contributed by atoms with Crippen LogP contribution in [0.2, 0.25) is 0 Å². The van der Waals surface area contributed by atoms with Gasteiger partial charge in [-0.05, 0) is 44.7 Å². The van der Waals surface area contributed by atoms with Crippen molar-refractivity contribution in [3.63, 3.8) is 0 Å². The Labute approximate surface area is 155 Å². The maximum atomic E-state index is 13.0. The summed E-state index contributed by atoms with van der Waals surface area (Å²) >= 11 is 0. The van der Waals surface area contributed by atoms with E-state index in [4.69, 9.17) is 0 Å². The van der Waals surface area contributed by atoms with E-state index in [0.717, 1.165) is 31.6 Å². The summed E-state index contributed by atoms with van der Waals surface area (Å²) in [6.45, 7) is 7.14. The van der Waals surface area contributed by atoms with Crippen LogP contribution in [-0.2, 0) is 18.3 Å². The largest absolute Gasteiger partial charge is 0.354 e. The standard InChI is InChI=1S/C19H31N5O2/c1-14(2)12-15-13-16(23(4)21-15)17(25)24-10-6-19(7-11-24)18(26)20-8-5-9-22(19)3/h13-14H,5-12H2,1-4H3,(H,20,26). The highest BCUT2D eigenvalue weighted by molar-refractivity contribution is 5.93. The quantitative estimate of drug-likeness (QED) is 0.873. The normalized spacial score (nSPS) is 21.1. The molecule has 2 fully saturated rings. The van der Waals surface area contributed by atoms with Crippen LogP contribution in [-0.4, -0.2) is 70.2 Å². The summed E-state index contributed by atoms with van der Waals surface area (Å²) in [5.74, 6) is 0.637. The molecule has 144 valence electrons. The van der Waals surface area contributed by atoms with E-state index in [-0.39, 0.29) is 11.8 Å². The van der Waals surface area contributed by atoms with Gasteiger partial charge in [0.05, 0.1) is 5.69 Å². The van der Waals surface area contributed by atoms with Crippen molar-refractivity contribution in [2.45, 2.75) is 45.1 Å². The first-order chi connectivity index (χ1) is 12.3. The molecule has 0 unspecified atom stereocenters. The number of hydrogen-bond donors (Lipinski definition) is 1. The van der Waals surface area contributed by atoms with Crippen molar-refractivity contribution in [1.82, 2.24) is 24.9 Å². The first kappa shape index (κ1) is 18.9. The number of piperidine rings is 1. The first-order valence-corrected chi connectivity index (χ1v) is 9.65. The van der Waals surface area contributed by atoms with Gasteiger partial charge in [0.15, 0.2) is 0 Å². The molecule has 7 nitrogen and oxygen atoms in total. The Morgan fingerprint density at radius 3 is 2.62 bits per heavy atom. The molecule has 7 heteroatoms. The number of carbonyl (C=O) groups is 2. The Kier molecular flexibility index (Phi) is 5.37. The second kappa shape index (κ2) is 7.39. The number of likely N-dealkylation sites (tertiary alicyclic amines) is 1. The van der Waals surface area contributed by atoms with Crippen LogP contribution in [0.3, 0.4) is 0 Å². The molecule has 0 saturated carbocycles. The van der Waals surface area contributed by atoms with E-state index < -0.39 is 5.54 Å². The Hall–Kier alpha value is -1.89. The maximum Gasteiger partial charge on any atom is 0.272 e.